The summed E-state index contributed by atoms with van der Waals surface area (Å²) in [7, 11) is 0. The summed E-state index contributed by atoms with van der Waals surface area (Å²) in [4.78, 5) is 0. The van der Waals surface area contributed by atoms with Gasteiger partial charge in [-0.25, -0.2) is 0 Å². The van der Waals surface area contributed by atoms with Crippen LogP contribution in [0.4, 0.5) is 0 Å². The molecule has 0 heterocycles. The van der Waals surface area contributed by atoms with Crippen molar-refractivity contribution in [1.82, 2.24) is 0 Å². The predicted octanol–water partition coefficient (Wildman–Crippen LogP) is 6.44. The number of fused-ring (bicyclic) bond motifs is 1. The highest BCUT2D eigenvalue weighted by Gasteiger charge is 2.13. The zero-order valence-corrected chi connectivity index (χ0v) is 14.3. The summed E-state index contributed by atoms with van der Waals surface area (Å²) in [5, 5.41) is 0. The Morgan fingerprint density at radius 2 is 1.64 bits per heavy atom. The average Bonchev–Trinajstić information content (AvgIpc) is 3.03. The van der Waals surface area contributed by atoms with Gasteiger partial charge >= 0.3 is 0 Å². The van der Waals surface area contributed by atoms with Crippen LogP contribution in [0.5, 0.6) is 11.5 Å². The van der Waals surface area contributed by atoms with Gasteiger partial charge in [-0.2, -0.15) is 0 Å². The van der Waals surface area contributed by atoms with Crippen LogP contribution in [-0.4, -0.2) is 0 Å². The van der Waals surface area contributed by atoms with E-state index in [9.17, 15) is 0 Å². The van der Waals surface area contributed by atoms with Gasteiger partial charge in [0.2, 0.25) is 0 Å². The Kier molecular flexibility index (Phi) is 4.22. The van der Waals surface area contributed by atoms with Crippen molar-refractivity contribution >= 4 is 11.6 Å². The zero-order valence-electron chi connectivity index (χ0n) is 14.3. The summed E-state index contributed by atoms with van der Waals surface area (Å²) in [6, 6.07) is 24.9. The van der Waals surface area contributed by atoms with E-state index in [-0.39, 0.29) is 0 Å². The predicted molar refractivity (Wildman–Crippen MR) is 105 cm³/mol. The fourth-order valence-electron chi connectivity index (χ4n) is 3.14. The van der Waals surface area contributed by atoms with E-state index in [1.54, 1.807) is 0 Å². The van der Waals surface area contributed by atoms with Gasteiger partial charge in [0.25, 0.3) is 0 Å². The Morgan fingerprint density at radius 1 is 0.800 bits per heavy atom. The number of allylic oxidation sites excluding steroid dienone is 3. The van der Waals surface area contributed by atoms with E-state index < -0.39 is 0 Å². The number of aryl methyl sites for hydroxylation is 1. The van der Waals surface area contributed by atoms with Crippen LogP contribution < -0.4 is 4.74 Å². The number of benzene rings is 3. The summed E-state index contributed by atoms with van der Waals surface area (Å²) in [6.07, 6.45) is 7.59. The smallest absolute Gasteiger partial charge is 0.127 e. The first-order valence-electron chi connectivity index (χ1n) is 8.59. The lowest BCUT2D eigenvalue weighted by molar-refractivity contribution is 0.482. The van der Waals surface area contributed by atoms with Crippen LogP contribution in [0, 0.1) is 6.92 Å². The standard InChI is InChI=1S/C24H20O/c1-18-6-5-9-22(16-18)25-23-14-15-24-20(12-13-21(24)17-23)11-10-19-7-3-2-4-8-19/h2-12,14-17H,13H2,1H3/b11-10+. The van der Waals surface area contributed by atoms with E-state index in [1.807, 2.05) is 18.2 Å². The van der Waals surface area contributed by atoms with E-state index in [2.05, 4.69) is 79.7 Å². The highest BCUT2D eigenvalue weighted by Crippen LogP contribution is 2.33. The summed E-state index contributed by atoms with van der Waals surface area (Å²) in [6.45, 7) is 2.07. The largest absolute Gasteiger partial charge is 0.457 e. The molecule has 0 fully saturated rings. The first-order chi connectivity index (χ1) is 12.3. The zero-order chi connectivity index (χ0) is 17.1. The molecule has 3 aromatic carbocycles. The topological polar surface area (TPSA) is 9.23 Å². The van der Waals surface area contributed by atoms with Crippen molar-refractivity contribution in [1.29, 1.82) is 0 Å². The molecule has 0 amide bonds. The quantitative estimate of drug-likeness (QED) is 0.536. The minimum atomic E-state index is 0.884. The summed E-state index contributed by atoms with van der Waals surface area (Å²) in [5.74, 6) is 1.78. The second kappa shape index (κ2) is 6.82. The van der Waals surface area contributed by atoms with Gasteiger partial charge in [-0.3, -0.25) is 0 Å². The van der Waals surface area contributed by atoms with Gasteiger partial charge in [0.1, 0.15) is 11.5 Å². The van der Waals surface area contributed by atoms with Crippen molar-refractivity contribution in [2.24, 2.45) is 0 Å². The molecule has 0 spiro atoms. The number of hydrogen-bond donors (Lipinski definition) is 0. The summed E-state index contributed by atoms with van der Waals surface area (Å²) < 4.78 is 6.01. The second-order valence-electron chi connectivity index (χ2n) is 6.35. The van der Waals surface area contributed by atoms with Crippen LogP contribution in [0.25, 0.3) is 11.6 Å². The van der Waals surface area contributed by atoms with Gasteiger partial charge in [-0.1, -0.05) is 66.8 Å². The maximum absolute atomic E-state index is 6.01. The Bertz CT molecular complexity index is 949. The lowest BCUT2D eigenvalue weighted by Crippen LogP contribution is -1.89. The Morgan fingerprint density at radius 3 is 2.48 bits per heavy atom. The summed E-state index contributed by atoms with van der Waals surface area (Å²) >= 11 is 0. The summed E-state index contributed by atoms with van der Waals surface area (Å²) in [5.41, 5.74) is 6.31. The fourth-order valence-corrected chi connectivity index (χ4v) is 3.14. The van der Waals surface area contributed by atoms with Crippen LogP contribution in [0.1, 0.15) is 22.3 Å². The minimum absolute atomic E-state index is 0.884. The lowest BCUT2D eigenvalue weighted by Gasteiger charge is -2.09. The van der Waals surface area contributed by atoms with E-state index in [0.29, 0.717) is 0 Å². The molecule has 0 saturated carbocycles. The third-order valence-electron chi connectivity index (χ3n) is 4.41. The van der Waals surface area contributed by atoms with Crippen LogP contribution in [-0.2, 0) is 6.42 Å². The molecule has 0 bridgehead atoms. The van der Waals surface area contributed by atoms with Crippen molar-refractivity contribution in [2.45, 2.75) is 13.3 Å². The molecule has 0 unspecified atom stereocenters. The van der Waals surface area contributed by atoms with Crippen molar-refractivity contribution in [3.05, 3.63) is 107 Å². The number of rotatable bonds is 4. The van der Waals surface area contributed by atoms with Crippen LogP contribution in [0.2, 0.25) is 0 Å². The monoisotopic (exact) mass is 324 g/mol. The molecule has 0 radical (unpaired) electrons. The Hall–Kier alpha value is -3.06. The SMILES string of the molecule is Cc1cccc(Oc2ccc3c(c2)CC=C3/C=C/c2ccccc2)c1. The molecule has 0 saturated heterocycles. The molecule has 122 valence electrons. The average molecular weight is 324 g/mol. The van der Waals surface area contributed by atoms with Crippen molar-refractivity contribution < 1.29 is 4.74 Å². The van der Waals surface area contributed by atoms with Gasteiger partial charge in [0.15, 0.2) is 0 Å². The molecule has 0 atom stereocenters. The molecule has 0 N–H and O–H groups in total. The first kappa shape index (κ1) is 15.5. The Balaban J connectivity index is 1.52. The fraction of sp³-hybridized carbons (Fsp3) is 0.0833. The molecular formula is C24H20O. The molecule has 1 heteroatoms. The van der Waals surface area contributed by atoms with Gasteiger partial charge in [-0.15, -0.1) is 0 Å². The van der Waals surface area contributed by atoms with Crippen molar-refractivity contribution in [3.8, 4) is 11.5 Å². The maximum Gasteiger partial charge on any atom is 0.127 e. The van der Waals surface area contributed by atoms with Crippen molar-refractivity contribution in [3.63, 3.8) is 0 Å². The van der Waals surface area contributed by atoms with E-state index in [0.717, 1.165) is 17.9 Å². The lowest BCUT2D eigenvalue weighted by atomic mass is 10.0. The molecule has 1 aliphatic carbocycles. The molecule has 4 rings (SSSR count). The molecule has 25 heavy (non-hydrogen) atoms. The Labute approximate surface area is 148 Å². The second-order valence-corrected chi connectivity index (χ2v) is 6.35. The number of hydrogen-bond acceptors (Lipinski definition) is 1. The molecule has 3 aromatic rings. The molecule has 0 aliphatic heterocycles. The molecule has 1 aliphatic rings. The minimum Gasteiger partial charge on any atom is -0.457 e. The van der Waals surface area contributed by atoms with Gasteiger partial charge in [0.05, 0.1) is 0 Å². The third-order valence-corrected chi connectivity index (χ3v) is 4.41. The number of ether oxygens (including phenoxy) is 1. The van der Waals surface area contributed by atoms with Crippen LogP contribution in [0.3, 0.4) is 0 Å². The molecular weight excluding hydrogens is 304 g/mol. The van der Waals surface area contributed by atoms with Crippen LogP contribution >= 0.6 is 0 Å². The highest BCUT2D eigenvalue weighted by atomic mass is 16.5. The third kappa shape index (κ3) is 3.56. The van der Waals surface area contributed by atoms with E-state index in [4.69, 9.17) is 4.74 Å². The van der Waals surface area contributed by atoms with E-state index >= 15 is 0 Å². The van der Waals surface area contributed by atoms with Crippen LogP contribution in [0.15, 0.2) is 84.9 Å². The van der Waals surface area contributed by atoms with Gasteiger partial charge in [0, 0.05) is 0 Å². The molecule has 0 aromatic heterocycles. The van der Waals surface area contributed by atoms with Gasteiger partial charge in [-0.05, 0) is 65.4 Å². The highest BCUT2D eigenvalue weighted by molar-refractivity contribution is 5.83. The van der Waals surface area contributed by atoms with Gasteiger partial charge < -0.3 is 4.74 Å². The van der Waals surface area contributed by atoms with Crippen molar-refractivity contribution in [2.75, 3.05) is 0 Å². The normalized spacial score (nSPS) is 12.9. The van der Waals surface area contributed by atoms with E-state index in [1.165, 1.54) is 27.8 Å². The molecule has 1 nitrogen and oxygen atoms in total. The first-order valence-corrected chi connectivity index (χ1v) is 8.59. The maximum atomic E-state index is 6.01.